The first-order valence-corrected chi connectivity index (χ1v) is 5.80. The van der Waals surface area contributed by atoms with E-state index in [1.54, 1.807) is 0 Å². The average Bonchev–Trinajstić information content (AvgIpc) is 2.39. The van der Waals surface area contributed by atoms with Crippen LogP contribution in [0.2, 0.25) is 0 Å². The molecule has 0 aliphatic carbocycles. The Kier molecular flexibility index (Phi) is 9.02. The van der Waals surface area contributed by atoms with E-state index in [-0.39, 0.29) is 32.7 Å². The Morgan fingerprint density at radius 3 is 2.55 bits per heavy atom. The summed E-state index contributed by atoms with van der Waals surface area (Å²) in [6.07, 6.45) is 1.58. The van der Waals surface area contributed by atoms with Gasteiger partial charge in [0.2, 0.25) is 18.6 Å². The standard InChI is InChI=1S/C11H17N3O6/c1-11(9(17)18,2-4-12-6-15)3-5-14-10(19)20-8-13-7-16/h10,14,19H,2-5,8H2,1H3,(H,17,18)/t10?,11-/m1/s1. The van der Waals surface area contributed by atoms with E-state index in [9.17, 15) is 19.5 Å². The zero-order chi connectivity index (χ0) is 15.4. The van der Waals surface area contributed by atoms with Gasteiger partial charge in [0.25, 0.3) is 0 Å². The van der Waals surface area contributed by atoms with Crippen LogP contribution in [0.5, 0.6) is 0 Å². The second-order valence-electron chi connectivity index (χ2n) is 4.19. The fourth-order valence-electron chi connectivity index (χ4n) is 1.35. The minimum Gasteiger partial charge on any atom is -0.481 e. The van der Waals surface area contributed by atoms with Crippen molar-refractivity contribution < 1.29 is 29.3 Å². The highest BCUT2D eigenvalue weighted by molar-refractivity contribution is 5.74. The topological polar surface area (TPSA) is 138 Å². The summed E-state index contributed by atoms with van der Waals surface area (Å²) in [6, 6.07) is 0. The molecule has 0 rings (SSSR count). The zero-order valence-corrected chi connectivity index (χ0v) is 11.0. The third-order valence-electron chi connectivity index (χ3n) is 2.71. The number of isocyanates is 2. The van der Waals surface area contributed by atoms with E-state index in [1.807, 2.05) is 0 Å². The molecule has 0 aliphatic heterocycles. The number of carbonyl (C=O) groups excluding carboxylic acids is 2. The van der Waals surface area contributed by atoms with Crippen LogP contribution in [0.3, 0.4) is 0 Å². The van der Waals surface area contributed by atoms with Crippen molar-refractivity contribution in [2.24, 2.45) is 15.4 Å². The van der Waals surface area contributed by atoms with E-state index in [4.69, 9.17) is 5.11 Å². The van der Waals surface area contributed by atoms with Gasteiger partial charge in [-0.1, -0.05) is 0 Å². The Bertz CT molecular complexity index is 403. The van der Waals surface area contributed by atoms with Crippen molar-refractivity contribution in [1.29, 1.82) is 0 Å². The van der Waals surface area contributed by atoms with Gasteiger partial charge in [0.15, 0.2) is 6.73 Å². The highest BCUT2D eigenvalue weighted by Crippen LogP contribution is 2.25. The number of carboxylic acid groups (broad SMARTS) is 1. The van der Waals surface area contributed by atoms with Gasteiger partial charge >= 0.3 is 5.97 Å². The molecule has 9 heteroatoms. The third kappa shape index (κ3) is 7.52. The Hall–Kier alpha value is -1.89. The molecule has 3 N–H and O–H groups in total. The number of ether oxygens (including phenoxy) is 1. The quantitative estimate of drug-likeness (QED) is 0.261. The van der Waals surface area contributed by atoms with Gasteiger partial charge in [-0.15, -0.1) is 0 Å². The van der Waals surface area contributed by atoms with E-state index < -0.39 is 17.8 Å². The monoisotopic (exact) mass is 287 g/mol. The number of aliphatic hydroxyl groups is 1. The molecule has 1 unspecified atom stereocenters. The first-order chi connectivity index (χ1) is 9.46. The Morgan fingerprint density at radius 1 is 1.35 bits per heavy atom. The van der Waals surface area contributed by atoms with Gasteiger partial charge in [-0.05, 0) is 19.8 Å². The molecule has 0 amide bonds. The van der Waals surface area contributed by atoms with Crippen LogP contribution in [0.4, 0.5) is 0 Å². The second kappa shape index (κ2) is 9.96. The molecule has 0 aromatic rings. The SMILES string of the molecule is C[C@@](CCN=C=O)(CCNC(O)OCN=C=O)C(=O)O. The van der Waals surface area contributed by atoms with Gasteiger partial charge in [0.05, 0.1) is 12.0 Å². The van der Waals surface area contributed by atoms with Crippen LogP contribution < -0.4 is 5.32 Å². The third-order valence-corrected chi connectivity index (χ3v) is 2.71. The van der Waals surface area contributed by atoms with Gasteiger partial charge < -0.3 is 14.9 Å². The van der Waals surface area contributed by atoms with Crippen molar-refractivity contribution in [3.05, 3.63) is 0 Å². The number of nitrogens with zero attached hydrogens (tertiary/aromatic N) is 2. The number of aliphatic carboxylic acids is 1. The van der Waals surface area contributed by atoms with E-state index in [0.717, 1.165) is 0 Å². The number of aliphatic imine (C=N–C) groups is 2. The Morgan fingerprint density at radius 2 is 2.00 bits per heavy atom. The maximum Gasteiger partial charge on any atom is 0.309 e. The molecule has 0 aromatic carbocycles. The molecule has 0 fully saturated rings. The summed E-state index contributed by atoms with van der Waals surface area (Å²) in [5, 5.41) is 21.0. The molecule has 0 saturated heterocycles. The van der Waals surface area contributed by atoms with Crippen molar-refractivity contribution in [2.45, 2.75) is 26.2 Å². The lowest BCUT2D eigenvalue weighted by Crippen LogP contribution is -2.37. The lowest BCUT2D eigenvalue weighted by molar-refractivity contribution is -0.149. The molecule has 0 spiro atoms. The summed E-state index contributed by atoms with van der Waals surface area (Å²) in [5.41, 5.74) is -1.09. The van der Waals surface area contributed by atoms with Crippen LogP contribution in [-0.4, -0.2) is 54.6 Å². The van der Waals surface area contributed by atoms with Crippen LogP contribution >= 0.6 is 0 Å². The molecule has 20 heavy (non-hydrogen) atoms. The highest BCUT2D eigenvalue weighted by atomic mass is 16.6. The molecular formula is C11H17N3O6. The molecule has 0 aliphatic rings. The maximum absolute atomic E-state index is 11.2. The molecule has 2 atom stereocenters. The van der Waals surface area contributed by atoms with Crippen LogP contribution in [0.15, 0.2) is 9.98 Å². The normalized spacial score (nSPS) is 14.5. The van der Waals surface area contributed by atoms with Crippen LogP contribution in [0.25, 0.3) is 0 Å². The minimum atomic E-state index is -1.36. The zero-order valence-electron chi connectivity index (χ0n) is 11.0. The van der Waals surface area contributed by atoms with Crippen molar-refractivity contribution in [3.63, 3.8) is 0 Å². The van der Waals surface area contributed by atoms with Gasteiger partial charge in [-0.3, -0.25) is 10.1 Å². The van der Waals surface area contributed by atoms with E-state index in [0.29, 0.717) is 0 Å². The molecule has 0 heterocycles. The fraction of sp³-hybridized carbons (Fsp3) is 0.727. The predicted octanol–water partition coefficient (Wildman–Crippen LogP) is -0.631. The van der Waals surface area contributed by atoms with E-state index >= 15 is 0 Å². The molecule has 112 valence electrons. The summed E-state index contributed by atoms with van der Waals surface area (Å²) in [4.78, 5) is 37.3. The largest absolute Gasteiger partial charge is 0.481 e. The number of hydrogen-bond donors (Lipinski definition) is 3. The van der Waals surface area contributed by atoms with Crippen molar-refractivity contribution in [3.8, 4) is 0 Å². The molecule has 0 saturated carbocycles. The van der Waals surface area contributed by atoms with Crippen molar-refractivity contribution in [2.75, 3.05) is 19.8 Å². The number of carboxylic acids is 1. The summed E-state index contributed by atoms with van der Waals surface area (Å²) in [7, 11) is 0. The molecule has 9 nitrogen and oxygen atoms in total. The number of carbonyl (C=O) groups is 1. The van der Waals surface area contributed by atoms with Gasteiger partial charge in [0, 0.05) is 6.54 Å². The van der Waals surface area contributed by atoms with Gasteiger partial charge in [0.1, 0.15) is 0 Å². The molecule has 0 aromatic heterocycles. The van der Waals surface area contributed by atoms with E-state index in [1.165, 1.54) is 19.1 Å². The van der Waals surface area contributed by atoms with Crippen molar-refractivity contribution >= 4 is 18.1 Å². The number of nitrogens with one attached hydrogen (secondary N) is 1. The minimum absolute atomic E-state index is 0.0689. The first-order valence-electron chi connectivity index (χ1n) is 5.80. The number of rotatable bonds is 11. The average molecular weight is 287 g/mol. The van der Waals surface area contributed by atoms with Crippen LogP contribution in [-0.2, 0) is 19.1 Å². The van der Waals surface area contributed by atoms with Gasteiger partial charge in [-0.2, -0.15) is 4.99 Å². The summed E-state index contributed by atoms with van der Waals surface area (Å²) in [6.45, 7) is 1.39. The van der Waals surface area contributed by atoms with E-state index in [2.05, 4.69) is 20.0 Å². The smallest absolute Gasteiger partial charge is 0.309 e. The number of aliphatic hydroxyl groups excluding tert-OH is 1. The second-order valence-corrected chi connectivity index (χ2v) is 4.19. The summed E-state index contributed by atoms with van der Waals surface area (Å²) >= 11 is 0. The lowest BCUT2D eigenvalue weighted by Gasteiger charge is -2.24. The van der Waals surface area contributed by atoms with Crippen LogP contribution in [0, 0.1) is 5.41 Å². The number of hydrogen-bond acceptors (Lipinski definition) is 8. The molecule has 0 bridgehead atoms. The fourth-order valence-corrected chi connectivity index (χ4v) is 1.35. The Balaban J connectivity index is 4.16. The molecule has 0 radical (unpaired) electrons. The summed E-state index contributed by atoms with van der Waals surface area (Å²) < 4.78 is 4.65. The Labute approximate surface area is 115 Å². The van der Waals surface area contributed by atoms with Crippen LogP contribution in [0.1, 0.15) is 19.8 Å². The van der Waals surface area contributed by atoms with Crippen molar-refractivity contribution in [1.82, 2.24) is 5.32 Å². The maximum atomic E-state index is 11.2. The van der Waals surface area contributed by atoms with Gasteiger partial charge in [-0.25, -0.2) is 14.6 Å². The molecular weight excluding hydrogens is 270 g/mol. The summed E-state index contributed by atoms with van der Waals surface area (Å²) in [5.74, 6) is -1.03. The highest BCUT2D eigenvalue weighted by Gasteiger charge is 2.32. The first kappa shape index (κ1) is 18.1. The predicted molar refractivity (Wildman–Crippen MR) is 66.0 cm³/mol. The lowest BCUT2D eigenvalue weighted by atomic mass is 9.83.